The van der Waals surface area contributed by atoms with E-state index >= 15 is 0 Å². The number of hydrogen-bond donors (Lipinski definition) is 0. The number of likely N-dealkylation sites (tertiary alicyclic amines) is 1. The van der Waals surface area contributed by atoms with Crippen molar-refractivity contribution in [2.75, 3.05) is 14.2 Å². The van der Waals surface area contributed by atoms with Crippen LogP contribution in [0.25, 0.3) is 0 Å². The average Bonchev–Trinajstić information content (AvgIpc) is 2.88. The molecule has 4 fully saturated rings. The van der Waals surface area contributed by atoms with E-state index in [0.29, 0.717) is 28.9 Å². The van der Waals surface area contributed by atoms with Crippen molar-refractivity contribution in [3.05, 3.63) is 0 Å². The van der Waals surface area contributed by atoms with Gasteiger partial charge in [0.25, 0.3) is 0 Å². The van der Waals surface area contributed by atoms with Gasteiger partial charge in [0.2, 0.25) is 5.91 Å². The second-order valence-corrected chi connectivity index (χ2v) is 9.33. The van der Waals surface area contributed by atoms with Crippen LogP contribution in [-0.2, 0) is 9.53 Å². The van der Waals surface area contributed by atoms with E-state index in [1.807, 2.05) is 14.2 Å². The Hall–Kier alpha value is -0.570. The number of carbonyl (C=O) groups excluding carboxylic acids is 1. The standard InChI is InChI=1S/C20H33NO2/c1-19-12-10-18(22)21(3)16(19)7-5-13-14-6-8-17(23-4)20(14,2)11-9-15(13)19/h13-17H,5-12H2,1-4H3/t13-,14-,15+,16?,17?,19+,20-/m0/s1. The van der Waals surface area contributed by atoms with Gasteiger partial charge in [0.05, 0.1) is 6.10 Å². The number of hydrogen-bond acceptors (Lipinski definition) is 2. The number of fused-ring (bicyclic) bond motifs is 5. The molecule has 1 heterocycles. The fourth-order valence-electron chi connectivity index (χ4n) is 7.49. The predicted molar refractivity (Wildman–Crippen MR) is 91.0 cm³/mol. The molecule has 130 valence electrons. The third-order valence-electron chi connectivity index (χ3n) is 8.75. The van der Waals surface area contributed by atoms with Gasteiger partial charge in [-0.2, -0.15) is 0 Å². The van der Waals surface area contributed by atoms with Crippen molar-refractivity contribution in [2.45, 2.75) is 77.4 Å². The monoisotopic (exact) mass is 319 g/mol. The summed E-state index contributed by atoms with van der Waals surface area (Å²) in [6.07, 6.45) is 10.1. The van der Waals surface area contributed by atoms with Crippen LogP contribution in [0, 0.1) is 28.6 Å². The van der Waals surface area contributed by atoms with Crippen LogP contribution >= 0.6 is 0 Å². The zero-order valence-corrected chi connectivity index (χ0v) is 15.3. The molecule has 2 unspecified atom stereocenters. The highest BCUT2D eigenvalue weighted by atomic mass is 16.5. The molecule has 4 rings (SSSR count). The molecule has 0 N–H and O–H groups in total. The average molecular weight is 319 g/mol. The molecular formula is C20H33NO2. The van der Waals surface area contributed by atoms with Crippen molar-refractivity contribution in [3.63, 3.8) is 0 Å². The fourth-order valence-corrected chi connectivity index (χ4v) is 7.49. The zero-order chi connectivity index (χ0) is 16.4. The van der Waals surface area contributed by atoms with E-state index in [-0.39, 0.29) is 0 Å². The maximum atomic E-state index is 12.2. The van der Waals surface area contributed by atoms with E-state index in [1.54, 1.807) is 0 Å². The van der Waals surface area contributed by atoms with E-state index in [0.717, 1.165) is 30.6 Å². The molecule has 0 spiro atoms. The van der Waals surface area contributed by atoms with Gasteiger partial charge in [0.1, 0.15) is 0 Å². The first-order chi connectivity index (χ1) is 10.9. The third kappa shape index (κ3) is 2.01. The highest BCUT2D eigenvalue weighted by Crippen LogP contribution is 2.65. The van der Waals surface area contributed by atoms with Gasteiger partial charge in [-0.05, 0) is 73.5 Å². The lowest BCUT2D eigenvalue weighted by molar-refractivity contribution is -0.160. The van der Waals surface area contributed by atoms with Crippen molar-refractivity contribution in [1.82, 2.24) is 4.90 Å². The van der Waals surface area contributed by atoms with E-state index in [1.165, 1.54) is 38.5 Å². The number of carbonyl (C=O) groups is 1. The van der Waals surface area contributed by atoms with Crippen LogP contribution < -0.4 is 0 Å². The molecular weight excluding hydrogens is 286 g/mol. The summed E-state index contributed by atoms with van der Waals surface area (Å²) in [5.74, 6) is 2.88. The highest BCUT2D eigenvalue weighted by Gasteiger charge is 2.61. The maximum absolute atomic E-state index is 12.2. The molecule has 3 aliphatic carbocycles. The molecule has 23 heavy (non-hydrogen) atoms. The van der Waals surface area contributed by atoms with E-state index < -0.39 is 0 Å². The summed E-state index contributed by atoms with van der Waals surface area (Å²) in [4.78, 5) is 14.3. The predicted octanol–water partition coefficient (Wildman–Crippen LogP) is 3.86. The van der Waals surface area contributed by atoms with E-state index in [4.69, 9.17) is 4.74 Å². The lowest BCUT2D eigenvalue weighted by Crippen LogP contribution is -2.61. The summed E-state index contributed by atoms with van der Waals surface area (Å²) in [5, 5.41) is 0. The molecule has 3 saturated carbocycles. The van der Waals surface area contributed by atoms with Gasteiger partial charge < -0.3 is 9.64 Å². The Kier molecular flexibility index (Phi) is 3.61. The summed E-state index contributed by atoms with van der Waals surface area (Å²) in [5.41, 5.74) is 0.744. The molecule has 0 bridgehead atoms. The van der Waals surface area contributed by atoms with Crippen LogP contribution in [0.1, 0.15) is 65.2 Å². The molecule has 3 nitrogen and oxygen atoms in total. The Morgan fingerprint density at radius 1 is 1.00 bits per heavy atom. The van der Waals surface area contributed by atoms with Crippen molar-refractivity contribution >= 4 is 5.91 Å². The minimum atomic E-state index is 0.345. The van der Waals surface area contributed by atoms with Gasteiger partial charge in [-0.15, -0.1) is 0 Å². The summed E-state index contributed by atoms with van der Waals surface area (Å²) in [7, 11) is 3.96. The number of ether oxygens (including phenoxy) is 1. The van der Waals surface area contributed by atoms with Gasteiger partial charge in [-0.1, -0.05) is 13.8 Å². The molecule has 0 radical (unpaired) electrons. The summed E-state index contributed by atoms with van der Waals surface area (Å²) in [6, 6.07) is 0.481. The summed E-state index contributed by atoms with van der Waals surface area (Å²) in [6.45, 7) is 5.00. The molecule has 1 saturated heterocycles. The van der Waals surface area contributed by atoms with Gasteiger partial charge in [-0.25, -0.2) is 0 Å². The van der Waals surface area contributed by atoms with E-state index in [9.17, 15) is 4.79 Å². The topological polar surface area (TPSA) is 29.5 Å². The van der Waals surface area contributed by atoms with Crippen LogP contribution in [0.5, 0.6) is 0 Å². The fraction of sp³-hybridized carbons (Fsp3) is 0.950. The zero-order valence-electron chi connectivity index (χ0n) is 15.3. The first kappa shape index (κ1) is 15.9. The van der Waals surface area contributed by atoms with Gasteiger partial charge in [-0.3, -0.25) is 4.79 Å². The molecule has 1 aliphatic heterocycles. The molecule has 0 aromatic heterocycles. The lowest BCUT2D eigenvalue weighted by Gasteiger charge is -2.61. The minimum Gasteiger partial charge on any atom is -0.381 e. The Labute approximate surface area is 141 Å². The summed E-state index contributed by atoms with van der Waals surface area (Å²) >= 11 is 0. The van der Waals surface area contributed by atoms with Crippen LogP contribution in [0.3, 0.4) is 0 Å². The van der Waals surface area contributed by atoms with Crippen molar-refractivity contribution < 1.29 is 9.53 Å². The van der Waals surface area contributed by atoms with Gasteiger partial charge in [0, 0.05) is 26.6 Å². The molecule has 7 atom stereocenters. The molecule has 4 aliphatic rings. The number of amides is 1. The first-order valence-corrected chi connectivity index (χ1v) is 9.70. The normalized spacial score (nSPS) is 52.8. The highest BCUT2D eigenvalue weighted by molar-refractivity contribution is 5.77. The Morgan fingerprint density at radius 2 is 1.74 bits per heavy atom. The van der Waals surface area contributed by atoms with Gasteiger partial charge >= 0.3 is 0 Å². The molecule has 0 aromatic rings. The van der Waals surface area contributed by atoms with Crippen LogP contribution in [-0.4, -0.2) is 37.1 Å². The van der Waals surface area contributed by atoms with Crippen LogP contribution in [0.4, 0.5) is 0 Å². The van der Waals surface area contributed by atoms with E-state index in [2.05, 4.69) is 18.7 Å². The Balaban J connectivity index is 1.64. The Bertz CT molecular complexity index is 506. The smallest absolute Gasteiger partial charge is 0.222 e. The van der Waals surface area contributed by atoms with Crippen molar-refractivity contribution in [2.24, 2.45) is 28.6 Å². The second kappa shape index (κ2) is 5.21. The molecule has 1 amide bonds. The third-order valence-corrected chi connectivity index (χ3v) is 8.75. The maximum Gasteiger partial charge on any atom is 0.222 e. The lowest BCUT2D eigenvalue weighted by atomic mass is 9.47. The molecule has 3 heteroatoms. The number of piperidine rings is 1. The first-order valence-electron chi connectivity index (χ1n) is 9.70. The van der Waals surface area contributed by atoms with Gasteiger partial charge in [0.15, 0.2) is 0 Å². The Morgan fingerprint density at radius 3 is 2.48 bits per heavy atom. The van der Waals surface area contributed by atoms with Crippen molar-refractivity contribution in [1.29, 1.82) is 0 Å². The van der Waals surface area contributed by atoms with Crippen molar-refractivity contribution in [3.8, 4) is 0 Å². The number of methoxy groups -OCH3 is 1. The summed E-state index contributed by atoms with van der Waals surface area (Å²) < 4.78 is 5.87. The van der Waals surface area contributed by atoms with Crippen LogP contribution in [0.15, 0.2) is 0 Å². The number of rotatable bonds is 1. The van der Waals surface area contributed by atoms with Crippen LogP contribution in [0.2, 0.25) is 0 Å². The SMILES string of the molecule is COC1CC[C@H]2[C@@H]3CCC4N(C)C(=O)CC[C@]4(C)[C@@H]3CC[C@]12C. The molecule has 0 aromatic carbocycles. The number of nitrogens with zero attached hydrogens (tertiary/aromatic N) is 1. The largest absolute Gasteiger partial charge is 0.381 e. The second-order valence-electron chi connectivity index (χ2n) is 9.33. The quantitative estimate of drug-likeness (QED) is 0.734. The minimum absolute atomic E-state index is 0.345.